The number of carbonyl (C=O) groups is 1. The van der Waals surface area contributed by atoms with Crippen LogP contribution < -0.4 is 5.32 Å². The van der Waals surface area contributed by atoms with Crippen molar-refractivity contribution in [3.05, 3.63) is 29.3 Å². The molecule has 0 aromatic heterocycles. The molecule has 1 aromatic carbocycles. The standard InChI is InChI=1S/C21H32N2O3S/c1-16-11-12-19(27(25,26)23-13-7-6-8-17(23)2)14-20(16)21(24)22-15-18-9-4-3-5-10-18/h11-12,14,17-18H,3-10,13,15H2,1-2H3,(H,22,24). The molecule has 150 valence electrons. The van der Waals surface area contributed by atoms with Crippen molar-refractivity contribution in [1.29, 1.82) is 0 Å². The highest BCUT2D eigenvalue weighted by Gasteiger charge is 2.31. The highest BCUT2D eigenvalue weighted by atomic mass is 32.2. The van der Waals surface area contributed by atoms with Gasteiger partial charge in [-0.1, -0.05) is 31.7 Å². The van der Waals surface area contributed by atoms with Crippen LogP contribution in [-0.4, -0.2) is 37.8 Å². The summed E-state index contributed by atoms with van der Waals surface area (Å²) < 4.78 is 27.8. The molecule has 2 fully saturated rings. The highest BCUT2D eigenvalue weighted by molar-refractivity contribution is 7.89. The van der Waals surface area contributed by atoms with Crippen molar-refractivity contribution in [3.8, 4) is 0 Å². The summed E-state index contributed by atoms with van der Waals surface area (Å²) in [6.07, 6.45) is 8.95. The Morgan fingerprint density at radius 3 is 2.52 bits per heavy atom. The van der Waals surface area contributed by atoms with Crippen LogP contribution in [0.15, 0.2) is 23.1 Å². The van der Waals surface area contributed by atoms with Gasteiger partial charge in [-0.3, -0.25) is 4.79 Å². The van der Waals surface area contributed by atoms with Gasteiger partial charge in [-0.2, -0.15) is 4.31 Å². The topological polar surface area (TPSA) is 66.5 Å². The van der Waals surface area contributed by atoms with Gasteiger partial charge in [-0.05, 0) is 63.1 Å². The quantitative estimate of drug-likeness (QED) is 0.827. The van der Waals surface area contributed by atoms with Crippen molar-refractivity contribution in [3.63, 3.8) is 0 Å². The molecule has 6 heteroatoms. The number of nitrogens with one attached hydrogen (secondary N) is 1. The van der Waals surface area contributed by atoms with Gasteiger partial charge in [0, 0.05) is 24.7 Å². The van der Waals surface area contributed by atoms with Crippen LogP contribution in [0.4, 0.5) is 0 Å². The summed E-state index contributed by atoms with van der Waals surface area (Å²) in [6.45, 7) is 5.05. The molecule has 5 nitrogen and oxygen atoms in total. The maximum atomic E-state index is 13.1. The molecular weight excluding hydrogens is 360 g/mol. The lowest BCUT2D eigenvalue weighted by atomic mass is 9.89. The van der Waals surface area contributed by atoms with Gasteiger partial charge in [0.05, 0.1) is 4.90 Å². The summed E-state index contributed by atoms with van der Waals surface area (Å²) in [5.74, 6) is 0.380. The fourth-order valence-electron chi connectivity index (χ4n) is 4.29. The molecule has 3 rings (SSSR count). The van der Waals surface area contributed by atoms with E-state index in [1.165, 1.54) is 32.1 Å². The summed E-state index contributed by atoms with van der Waals surface area (Å²) in [7, 11) is -3.57. The molecule has 0 bridgehead atoms. The molecule has 1 atom stereocenters. The Kier molecular flexibility index (Phi) is 6.58. The summed E-state index contributed by atoms with van der Waals surface area (Å²) in [6, 6.07) is 4.94. The first-order valence-corrected chi connectivity index (χ1v) is 11.7. The van der Waals surface area contributed by atoms with Gasteiger partial charge in [0.2, 0.25) is 10.0 Å². The van der Waals surface area contributed by atoms with Crippen molar-refractivity contribution in [2.24, 2.45) is 5.92 Å². The molecule has 1 aliphatic carbocycles. The van der Waals surface area contributed by atoms with Crippen molar-refractivity contribution < 1.29 is 13.2 Å². The second kappa shape index (κ2) is 8.74. The molecule has 1 saturated carbocycles. The van der Waals surface area contributed by atoms with E-state index in [0.717, 1.165) is 24.8 Å². The van der Waals surface area contributed by atoms with Crippen molar-refractivity contribution >= 4 is 15.9 Å². The molecule has 1 saturated heterocycles. The highest BCUT2D eigenvalue weighted by Crippen LogP contribution is 2.27. The number of benzene rings is 1. The Balaban J connectivity index is 1.75. The van der Waals surface area contributed by atoms with E-state index in [2.05, 4.69) is 5.32 Å². The van der Waals surface area contributed by atoms with E-state index in [1.54, 1.807) is 22.5 Å². The van der Waals surface area contributed by atoms with Crippen LogP contribution in [0.25, 0.3) is 0 Å². The average molecular weight is 393 g/mol. The molecule has 1 N–H and O–H groups in total. The maximum Gasteiger partial charge on any atom is 0.251 e. The normalized spacial score (nSPS) is 22.5. The molecule has 0 radical (unpaired) electrons. The predicted molar refractivity (Wildman–Crippen MR) is 107 cm³/mol. The molecule has 1 unspecified atom stereocenters. The fraction of sp³-hybridized carbons (Fsp3) is 0.667. The predicted octanol–water partition coefficient (Wildman–Crippen LogP) is 3.87. The van der Waals surface area contributed by atoms with Crippen LogP contribution in [0, 0.1) is 12.8 Å². The lowest BCUT2D eigenvalue weighted by Crippen LogP contribution is -2.42. The fourth-order valence-corrected chi connectivity index (χ4v) is 6.02. The maximum absolute atomic E-state index is 13.1. The number of aryl methyl sites for hydroxylation is 1. The number of amides is 1. The van der Waals surface area contributed by atoms with Crippen LogP contribution in [0.1, 0.15) is 74.2 Å². The summed E-state index contributed by atoms with van der Waals surface area (Å²) in [4.78, 5) is 12.9. The van der Waals surface area contributed by atoms with Crippen LogP contribution in [0.3, 0.4) is 0 Å². The zero-order chi connectivity index (χ0) is 19.4. The molecule has 1 heterocycles. The van der Waals surface area contributed by atoms with E-state index < -0.39 is 10.0 Å². The van der Waals surface area contributed by atoms with Crippen LogP contribution in [0.2, 0.25) is 0 Å². The van der Waals surface area contributed by atoms with E-state index in [0.29, 0.717) is 24.6 Å². The zero-order valence-electron chi connectivity index (χ0n) is 16.5. The van der Waals surface area contributed by atoms with E-state index >= 15 is 0 Å². The van der Waals surface area contributed by atoms with Gasteiger partial charge in [0.1, 0.15) is 0 Å². The molecule has 27 heavy (non-hydrogen) atoms. The van der Waals surface area contributed by atoms with Gasteiger partial charge in [-0.15, -0.1) is 0 Å². The first kappa shape index (κ1) is 20.3. The number of hydrogen-bond donors (Lipinski definition) is 1. The summed E-state index contributed by atoms with van der Waals surface area (Å²) in [5, 5.41) is 3.03. The molecule has 2 aliphatic rings. The first-order valence-electron chi connectivity index (χ1n) is 10.3. The second-order valence-corrected chi connectivity index (χ2v) is 10.0. The Morgan fingerprint density at radius 2 is 1.81 bits per heavy atom. The van der Waals surface area contributed by atoms with Crippen LogP contribution in [0.5, 0.6) is 0 Å². The van der Waals surface area contributed by atoms with Crippen LogP contribution >= 0.6 is 0 Å². The smallest absolute Gasteiger partial charge is 0.251 e. The van der Waals surface area contributed by atoms with E-state index in [-0.39, 0.29) is 16.8 Å². The van der Waals surface area contributed by atoms with Crippen molar-refractivity contribution in [1.82, 2.24) is 9.62 Å². The number of piperidine rings is 1. The number of nitrogens with zero attached hydrogens (tertiary/aromatic N) is 1. The lowest BCUT2D eigenvalue weighted by molar-refractivity contribution is 0.0942. The lowest BCUT2D eigenvalue weighted by Gasteiger charge is -2.32. The Hall–Kier alpha value is -1.40. The third-order valence-electron chi connectivity index (χ3n) is 6.08. The largest absolute Gasteiger partial charge is 0.352 e. The summed E-state index contributed by atoms with van der Waals surface area (Å²) >= 11 is 0. The molecular formula is C21H32N2O3S. The van der Waals surface area contributed by atoms with Crippen molar-refractivity contribution in [2.75, 3.05) is 13.1 Å². The third kappa shape index (κ3) is 4.72. The average Bonchev–Trinajstić information content (AvgIpc) is 2.67. The van der Waals surface area contributed by atoms with Gasteiger partial charge in [-0.25, -0.2) is 8.42 Å². The van der Waals surface area contributed by atoms with E-state index in [9.17, 15) is 13.2 Å². The van der Waals surface area contributed by atoms with E-state index in [4.69, 9.17) is 0 Å². The number of carbonyl (C=O) groups excluding carboxylic acids is 1. The third-order valence-corrected chi connectivity index (χ3v) is 8.09. The van der Waals surface area contributed by atoms with Crippen LogP contribution in [-0.2, 0) is 10.0 Å². The molecule has 1 aromatic rings. The van der Waals surface area contributed by atoms with Gasteiger partial charge < -0.3 is 5.32 Å². The minimum absolute atomic E-state index is 0.00799. The van der Waals surface area contributed by atoms with Crippen molar-refractivity contribution in [2.45, 2.75) is 76.2 Å². The second-order valence-electron chi connectivity index (χ2n) is 8.15. The Bertz CT molecular complexity index is 770. The molecule has 1 aliphatic heterocycles. The van der Waals surface area contributed by atoms with E-state index in [1.807, 2.05) is 13.8 Å². The van der Waals surface area contributed by atoms with Gasteiger partial charge >= 0.3 is 0 Å². The number of hydrogen-bond acceptors (Lipinski definition) is 3. The van der Waals surface area contributed by atoms with Gasteiger partial charge in [0.25, 0.3) is 5.91 Å². The Morgan fingerprint density at radius 1 is 1.11 bits per heavy atom. The first-order chi connectivity index (χ1) is 12.9. The Labute approximate surface area is 163 Å². The zero-order valence-corrected chi connectivity index (χ0v) is 17.4. The minimum Gasteiger partial charge on any atom is -0.352 e. The molecule has 0 spiro atoms. The van der Waals surface area contributed by atoms with Gasteiger partial charge in [0.15, 0.2) is 0 Å². The monoisotopic (exact) mass is 392 g/mol. The number of rotatable bonds is 5. The minimum atomic E-state index is -3.57. The summed E-state index contributed by atoms with van der Waals surface area (Å²) in [5.41, 5.74) is 1.28. The molecule has 1 amide bonds. The SMILES string of the molecule is Cc1ccc(S(=O)(=O)N2CCCCC2C)cc1C(=O)NCC1CCCCC1. The number of sulfonamides is 1.